The van der Waals surface area contributed by atoms with Crippen molar-refractivity contribution in [2.24, 2.45) is 0 Å². The van der Waals surface area contributed by atoms with Crippen molar-refractivity contribution in [3.63, 3.8) is 0 Å². The number of aromatic nitrogens is 2. The van der Waals surface area contributed by atoms with Gasteiger partial charge in [-0.25, -0.2) is 9.97 Å². The highest BCUT2D eigenvalue weighted by molar-refractivity contribution is 5.70. The molecule has 1 N–H and O–H groups in total. The van der Waals surface area contributed by atoms with Gasteiger partial charge in [0, 0.05) is 19.3 Å². The van der Waals surface area contributed by atoms with Gasteiger partial charge in [-0.05, 0) is 38.0 Å². The van der Waals surface area contributed by atoms with Gasteiger partial charge in [0.25, 0.3) is 0 Å². The number of para-hydroxylation sites is 2. The second-order valence-corrected chi connectivity index (χ2v) is 5.16. The van der Waals surface area contributed by atoms with Crippen molar-refractivity contribution in [3.8, 4) is 0 Å². The number of rotatable bonds is 4. The number of hydrogen-bond donors (Lipinski definition) is 1. The molecule has 0 unspecified atom stereocenters. The third kappa shape index (κ3) is 2.90. The number of nitrogens with one attached hydrogen (secondary N) is 1. The maximum atomic E-state index is 4.43. The summed E-state index contributed by atoms with van der Waals surface area (Å²) in [5.74, 6) is 0.817. The fourth-order valence-electron chi connectivity index (χ4n) is 2.65. The van der Waals surface area contributed by atoms with Gasteiger partial charge in [-0.1, -0.05) is 12.1 Å². The van der Waals surface area contributed by atoms with Crippen molar-refractivity contribution in [1.82, 2.24) is 9.97 Å². The summed E-state index contributed by atoms with van der Waals surface area (Å²) in [7, 11) is 0. The lowest BCUT2D eigenvalue weighted by Gasteiger charge is -2.21. The van der Waals surface area contributed by atoms with Gasteiger partial charge in [0.15, 0.2) is 0 Å². The Morgan fingerprint density at radius 2 is 1.95 bits per heavy atom. The summed E-state index contributed by atoms with van der Waals surface area (Å²) in [5.41, 5.74) is 3.51. The molecule has 1 aromatic carbocycles. The lowest BCUT2D eigenvalue weighted by atomic mass is 10.2. The average molecular weight is 268 g/mol. The van der Waals surface area contributed by atoms with Crippen LogP contribution in [0.15, 0.2) is 36.5 Å². The fraction of sp³-hybridized carbons (Fsp3) is 0.375. The van der Waals surface area contributed by atoms with Gasteiger partial charge in [0.05, 0.1) is 23.6 Å². The molecule has 0 spiro atoms. The molecule has 1 aromatic heterocycles. The molecule has 0 bridgehead atoms. The average Bonchev–Trinajstić information content (AvgIpc) is 3.00. The largest absolute Gasteiger partial charge is 0.378 e. The first kappa shape index (κ1) is 12.9. The number of benzene rings is 1. The second kappa shape index (κ2) is 5.90. The fourth-order valence-corrected chi connectivity index (χ4v) is 2.65. The van der Waals surface area contributed by atoms with Gasteiger partial charge in [-0.3, -0.25) is 0 Å². The van der Waals surface area contributed by atoms with E-state index in [0.29, 0.717) is 0 Å². The first-order chi connectivity index (χ1) is 9.83. The van der Waals surface area contributed by atoms with Crippen molar-refractivity contribution in [3.05, 3.63) is 48.0 Å². The monoisotopic (exact) mass is 268 g/mol. The predicted molar refractivity (Wildman–Crippen MR) is 82.0 cm³/mol. The van der Waals surface area contributed by atoms with Crippen molar-refractivity contribution in [2.45, 2.75) is 26.3 Å². The van der Waals surface area contributed by atoms with Crippen LogP contribution in [-0.4, -0.2) is 23.1 Å². The molecule has 3 rings (SSSR count). The molecule has 0 aliphatic carbocycles. The second-order valence-electron chi connectivity index (χ2n) is 5.16. The summed E-state index contributed by atoms with van der Waals surface area (Å²) in [5, 5.41) is 3.50. The summed E-state index contributed by atoms with van der Waals surface area (Å²) in [6.07, 6.45) is 4.39. The minimum Gasteiger partial charge on any atom is -0.378 e. The van der Waals surface area contributed by atoms with Crippen LogP contribution in [0.4, 0.5) is 11.4 Å². The van der Waals surface area contributed by atoms with Crippen molar-refractivity contribution in [2.75, 3.05) is 23.3 Å². The predicted octanol–water partition coefficient (Wildman–Crippen LogP) is 3.00. The molecule has 0 amide bonds. The lowest BCUT2D eigenvalue weighted by Crippen LogP contribution is -2.19. The van der Waals surface area contributed by atoms with Gasteiger partial charge in [0.1, 0.15) is 5.82 Å². The van der Waals surface area contributed by atoms with Crippen LogP contribution in [0.3, 0.4) is 0 Å². The van der Waals surface area contributed by atoms with Crippen LogP contribution in [0.5, 0.6) is 0 Å². The van der Waals surface area contributed by atoms with Crippen LogP contribution in [0.1, 0.15) is 24.4 Å². The van der Waals surface area contributed by atoms with E-state index in [0.717, 1.165) is 31.2 Å². The summed E-state index contributed by atoms with van der Waals surface area (Å²) < 4.78 is 0. The van der Waals surface area contributed by atoms with E-state index in [1.807, 2.05) is 19.2 Å². The zero-order valence-corrected chi connectivity index (χ0v) is 11.8. The van der Waals surface area contributed by atoms with Crippen LogP contribution < -0.4 is 10.2 Å². The molecule has 0 radical (unpaired) electrons. The molecule has 4 heteroatoms. The molecule has 2 heterocycles. The summed E-state index contributed by atoms with van der Waals surface area (Å²) in [4.78, 5) is 11.0. The SMILES string of the molecule is Cc1nccc(CNc2ccccc2N2CCCC2)n1. The molecule has 20 heavy (non-hydrogen) atoms. The lowest BCUT2D eigenvalue weighted by molar-refractivity contribution is 0.944. The molecular weight excluding hydrogens is 248 g/mol. The summed E-state index contributed by atoms with van der Waals surface area (Å²) in [6.45, 7) is 4.96. The molecule has 1 aliphatic rings. The summed E-state index contributed by atoms with van der Waals surface area (Å²) >= 11 is 0. The van der Waals surface area contributed by atoms with Gasteiger partial charge in [-0.15, -0.1) is 0 Å². The maximum absolute atomic E-state index is 4.43. The molecular formula is C16H20N4. The number of aryl methyl sites for hydroxylation is 1. The highest BCUT2D eigenvalue weighted by atomic mass is 15.2. The van der Waals surface area contributed by atoms with Crippen molar-refractivity contribution < 1.29 is 0 Å². The topological polar surface area (TPSA) is 41.1 Å². The number of hydrogen-bond acceptors (Lipinski definition) is 4. The Hall–Kier alpha value is -2.10. The standard InChI is InChI=1S/C16H20N4/c1-13-17-9-8-14(19-13)12-18-15-6-2-3-7-16(15)20-10-4-5-11-20/h2-3,6-9,18H,4-5,10-12H2,1H3. The Kier molecular flexibility index (Phi) is 3.81. The Bertz CT molecular complexity index is 576. The Labute approximate surface area is 119 Å². The molecule has 0 saturated carbocycles. The van der Waals surface area contributed by atoms with E-state index in [-0.39, 0.29) is 0 Å². The molecule has 1 fully saturated rings. The van der Waals surface area contributed by atoms with Crippen LogP contribution in [0.2, 0.25) is 0 Å². The quantitative estimate of drug-likeness (QED) is 0.925. The van der Waals surface area contributed by atoms with Gasteiger partial charge < -0.3 is 10.2 Å². The molecule has 104 valence electrons. The number of nitrogens with zero attached hydrogens (tertiary/aromatic N) is 3. The van der Waals surface area contributed by atoms with Crippen LogP contribution >= 0.6 is 0 Å². The highest BCUT2D eigenvalue weighted by Gasteiger charge is 2.15. The Morgan fingerprint density at radius 3 is 2.75 bits per heavy atom. The van der Waals surface area contributed by atoms with E-state index >= 15 is 0 Å². The molecule has 2 aromatic rings. The number of anilines is 2. The first-order valence-corrected chi connectivity index (χ1v) is 7.19. The van der Waals surface area contributed by atoms with Gasteiger partial charge in [-0.2, -0.15) is 0 Å². The van der Waals surface area contributed by atoms with E-state index in [9.17, 15) is 0 Å². The van der Waals surface area contributed by atoms with E-state index in [4.69, 9.17) is 0 Å². The van der Waals surface area contributed by atoms with E-state index < -0.39 is 0 Å². The van der Waals surface area contributed by atoms with Crippen LogP contribution in [-0.2, 0) is 6.54 Å². The van der Waals surface area contributed by atoms with Crippen LogP contribution in [0, 0.1) is 6.92 Å². The molecule has 0 atom stereocenters. The third-order valence-electron chi connectivity index (χ3n) is 3.64. The van der Waals surface area contributed by atoms with Crippen molar-refractivity contribution >= 4 is 11.4 Å². The van der Waals surface area contributed by atoms with E-state index in [2.05, 4.69) is 44.5 Å². The minimum atomic E-state index is 0.730. The van der Waals surface area contributed by atoms with Crippen molar-refractivity contribution in [1.29, 1.82) is 0 Å². The van der Waals surface area contributed by atoms with Crippen LogP contribution in [0.25, 0.3) is 0 Å². The highest BCUT2D eigenvalue weighted by Crippen LogP contribution is 2.28. The van der Waals surface area contributed by atoms with Gasteiger partial charge in [0.2, 0.25) is 0 Å². The summed E-state index contributed by atoms with van der Waals surface area (Å²) in [6, 6.07) is 10.5. The normalized spacial score (nSPS) is 14.6. The molecule has 4 nitrogen and oxygen atoms in total. The Balaban J connectivity index is 1.74. The van der Waals surface area contributed by atoms with E-state index in [1.165, 1.54) is 24.2 Å². The minimum absolute atomic E-state index is 0.730. The van der Waals surface area contributed by atoms with E-state index in [1.54, 1.807) is 0 Å². The first-order valence-electron chi connectivity index (χ1n) is 7.19. The zero-order valence-electron chi connectivity index (χ0n) is 11.8. The third-order valence-corrected chi connectivity index (χ3v) is 3.64. The molecule has 1 aliphatic heterocycles. The maximum Gasteiger partial charge on any atom is 0.125 e. The molecule has 1 saturated heterocycles. The zero-order chi connectivity index (χ0) is 13.8. The smallest absolute Gasteiger partial charge is 0.125 e. The van der Waals surface area contributed by atoms with Gasteiger partial charge >= 0.3 is 0 Å². The Morgan fingerprint density at radius 1 is 1.15 bits per heavy atom.